The van der Waals surface area contributed by atoms with Crippen LogP contribution in [0.1, 0.15) is 43.3 Å². The van der Waals surface area contributed by atoms with Crippen molar-refractivity contribution in [2.75, 3.05) is 19.8 Å². The molecule has 1 aliphatic rings. The first-order valence-electron chi connectivity index (χ1n) is 7.28. The topological polar surface area (TPSA) is 43.6 Å². The zero-order valence-electron chi connectivity index (χ0n) is 12.0. The van der Waals surface area contributed by atoms with E-state index in [0.717, 1.165) is 57.1 Å². The van der Waals surface area contributed by atoms with Crippen LogP contribution in [0.25, 0.3) is 0 Å². The van der Waals surface area contributed by atoms with Gasteiger partial charge in [0.05, 0.1) is 6.10 Å². The number of hydrogen-bond donors (Lipinski definition) is 1. The zero-order chi connectivity index (χ0) is 13.5. The summed E-state index contributed by atoms with van der Waals surface area (Å²) < 4.78 is 16.9. The van der Waals surface area contributed by atoms with Crippen molar-refractivity contribution in [3.05, 3.63) is 23.2 Å². The highest BCUT2D eigenvalue weighted by Gasteiger charge is 2.15. The van der Waals surface area contributed by atoms with Gasteiger partial charge in [0.15, 0.2) is 0 Å². The van der Waals surface area contributed by atoms with E-state index in [9.17, 15) is 0 Å². The van der Waals surface area contributed by atoms with Crippen molar-refractivity contribution in [2.24, 2.45) is 0 Å². The maximum Gasteiger partial charge on any atom is 0.130 e. The summed E-state index contributed by atoms with van der Waals surface area (Å²) in [7, 11) is 0. The third kappa shape index (κ3) is 4.64. The first-order valence-corrected chi connectivity index (χ1v) is 7.28. The molecule has 19 heavy (non-hydrogen) atoms. The minimum atomic E-state index is 0.320. The Hall–Kier alpha value is -0.840. The average molecular weight is 267 g/mol. The number of ether oxygens (including phenoxy) is 2. The Morgan fingerprint density at radius 2 is 2.16 bits per heavy atom. The van der Waals surface area contributed by atoms with Crippen LogP contribution >= 0.6 is 0 Å². The highest BCUT2D eigenvalue weighted by Crippen LogP contribution is 2.18. The Morgan fingerprint density at radius 3 is 2.89 bits per heavy atom. The van der Waals surface area contributed by atoms with Crippen LogP contribution in [-0.4, -0.2) is 25.9 Å². The molecule has 4 nitrogen and oxygen atoms in total. The molecular formula is C15H25NO3. The third-order valence-corrected chi connectivity index (χ3v) is 3.44. The van der Waals surface area contributed by atoms with Crippen LogP contribution in [0.3, 0.4) is 0 Å². The predicted molar refractivity (Wildman–Crippen MR) is 74.1 cm³/mol. The van der Waals surface area contributed by atoms with Crippen molar-refractivity contribution in [3.63, 3.8) is 0 Å². The fraction of sp³-hybridized carbons (Fsp3) is 0.733. The lowest BCUT2D eigenvalue weighted by molar-refractivity contribution is -0.0435. The fourth-order valence-corrected chi connectivity index (χ4v) is 2.28. The molecule has 0 radical (unpaired) electrons. The molecule has 4 heteroatoms. The van der Waals surface area contributed by atoms with Crippen LogP contribution in [0.4, 0.5) is 0 Å². The van der Waals surface area contributed by atoms with Crippen LogP contribution in [0, 0.1) is 6.92 Å². The molecule has 1 aromatic heterocycles. The summed E-state index contributed by atoms with van der Waals surface area (Å²) in [5.74, 6) is 1.92. The Labute approximate surface area is 115 Å². The van der Waals surface area contributed by atoms with Gasteiger partial charge in [0.2, 0.25) is 0 Å². The predicted octanol–water partition coefficient (Wildman–Crippen LogP) is 2.78. The molecule has 0 amide bonds. The van der Waals surface area contributed by atoms with Gasteiger partial charge in [-0.1, -0.05) is 6.92 Å². The lowest BCUT2D eigenvalue weighted by Gasteiger charge is -2.21. The van der Waals surface area contributed by atoms with Gasteiger partial charge in [-0.25, -0.2) is 0 Å². The maximum absolute atomic E-state index is 5.87. The molecule has 1 aromatic rings. The number of aryl methyl sites for hydroxylation is 1. The monoisotopic (exact) mass is 267 g/mol. The van der Waals surface area contributed by atoms with Crippen molar-refractivity contribution in [1.29, 1.82) is 0 Å². The largest absolute Gasteiger partial charge is 0.464 e. The van der Waals surface area contributed by atoms with Gasteiger partial charge < -0.3 is 19.2 Å². The molecule has 0 aliphatic carbocycles. The molecule has 1 N–H and O–H groups in total. The van der Waals surface area contributed by atoms with Crippen molar-refractivity contribution < 1.29 is 13.9 Å². The van der Waals surface area contributed by atoms with Gasteiger partial charge >= 0.3 is 0 Å². The lowest BCUT2D eigenvalue weighted by Crippen LogP contribution is -2.23. The molecule has 0 aromatic carbocycles. The molecule has 1 saturated heterocycles. The van der Waals surface area contributed by atoms with Gasteiger partial charge in [-0.15, -0.1) is 0 Å². The normalized spacial score (nSPS) is 16.9. The molecular weight excluding hydrogens is 242 g/mol. The van der Waals surface area contributed by atoms with E-state index in [2.05, 4.69) is 18.3 Å². The van der Waals surface area contributed by atoms with Crippen molar-refractivity contribution >= 4 is 0 Å². The van der Waals surface area contributed by atoms with Crippen LogP contribution in [0.15, 0.2) is 10.5 Å². The van der Waals surface area contributed by atoms with Gasteiger partial charge in [0.25, 0.3) is 0 Å². The molecule has 108 valence electrons. The van der Waals surface area contributed by atoms with E-state index in [1.54, 1.807) is 0 Å². The van der Waals surface area contributed by atoms with E-state index in [0.29, 0.717) is 12.7 Å². The molecule has 2 heterocycles. The Balaban J connectivity index is 1.78. The van der Waals surface area contributed by atoms with Crippen LogP contribution in [-0.2, 0) is 22.6 Å². The average Bonchev–Trinajstić information content (AvgIpc) is 2.79. The van der Waals surface area contributed by atoms with E-state index in [1.807, 2.05) is 6.92 Å². The van der Waals surface area contributed by atoms with E-state index in [-0.39, 0.29) is 0 Å². The SMILES string of the molecule is CCCNCc1cc(COC2CCOCC2)oc1C. The summed E-state index contributed by atoms with van der Waals surface area (Å²) >= 11 is 0. The highest BCUT2D eigenvalue weighted by molar-refractivity contribution is 5.20. The minimum Gasteiger partial charge on any atom is -0.464 e. The molecule has 0 bridgehead atoms. The standard InChI is InChI=1S/C15H25NO3/c1-3-6-16-10-13-9-15(19-12(13)2)11-18-14-4-7-17-8-5-14/h9,14,16H,3-8,10-11H2,1-2H3. The summed E-state index contributed by atoms with van der Waals surface area (Å²) in [6, 6.07) is 2.11. The second-order valence-electron chi connectivity index (χ2n) is 5.09. The first-order chi connectivity index (χ1) is 9.29. The highest BCUT2D eigenvalue weighted by atomic mass is 16.5. The number of rotatable bonds is 7. The van der Waals surface area contributed by atoms with Crippen LogP contribution < -0.4 is 5.32 Å². The molecule has 0 unspecified atom stereocenters. The van der Waals surface area contributed by atoms with Crippen molar-refractivity contribution in [2.45, 2.75) is 52.4 Å². The van der Waals surface area contributed by atoms with Crippen LogP contribution in [0.2, 0.25) is 0 Å². The smallest absolute Gasteiger partial charge is 0.130 e. The lowest BCUT2D eigenvalue weighted by atomic mass is 10.1. The van der Waals surface area contributed by atoms with Crippen molar-refractivity contribution in [1.82, 2.24) is 5.32 Å². The Kier molecular flexibility index (Phi) is 5.89. The van der Waals surface area contributed by atoms with Gasteiger partial charge in [-0.2, -0.15) is 0 Å². The second-order valence-corrected chi connectivity index (χ2v) is 5.09. The van der Waals surface area contributed by atoms with Crippen molar-refractivity contribution in [3.8, 4) is 0 Å². The van der Waals surface area contributed by atoms with E-state index < -0.39 is 0 Å². The summed E-state index contributed by atoms with van der Waals surface area (Å²) in [5, 5.41) is 3.39. The quantitative estimate of drug-likeness (QED) is 0.771. The maximum atomic E-state index is 5.87. The molecule has 0 saturated carbocycles. The Bertz CT molecular complexity index is 369. The second kappa shape index (κ2) is 7.68. The Morgan fingerprint density at radius 1 is 1.37 bits per heavy atom. The fourth-order valence-electron chi connectivity index (χ4n) is 2.28. The van der Waals surface area contributed by atoms with Crippen LogP contribution in [0.5, 0.6) is 0 Å². The van der Waals surface area contributed by atoms with E-state index >= 15 is 0 Å². The van der Waals surface area contributed by atoms with E-state index in [1.165, 1.54) is 5.56 Å². The molecule has 0 atom stereocenters. The summed E-state index contributed by atoms with van der Waals surface area (Å²) in [6.07, 6.45) is 3.45. The number of hydrogen-bond acceptors (Lipinski definition) is 4. The third-order valence-electron chi connectivity index (χ3n) is 3.44. The molecule has 2 rings (SSSR count). The number of nitrogens with one attached hydrogen (secondary N) is 1. The zero-order valence-corrected chi connectivity index (χ0v) is 12.0. The molecule has 1 fully saturated rings. The number of furan rings is 1. The first kappa shape index (κ1) is 14.6. The van der Waals surface area contributed by atoms with Gasteiger partial charge in [0, 0.05) is 25.3 Å². The van der Waals surface area contributed by atoms with Gasteiger partial charge in [-0.3, -0.25) is 0 Å². The summed E-state index contributed by atoms with van der Waals surface area (Å²) in [5.41, 5.74) is 1.24. The van der Waals surface area contributed by atoms with Gasteiger partial charge in [0.1, 0.15) is 18.1 Å². The summed E-state index contributed by atoms with van der Waals surface area (Å²) in [4.78, 5) is 0. The molecule has 0 spiro atoms. The summed E-state index contributed by atoms with van der Waals surface area (Å²) in [6.45, 7) is 8.30. The van der Waals surface area contributed by atoms with E-state index in [4.69, 9.17) is 13.9 Å². The minimum absolute atomic E-state index is 0.320. The van der Waals surface area contributed by atoms with Gasteiger partial charge in [-0.05, 0) is 38.8 Å². The molecule has 1 aliphatic heterocycles.